The molecule has 0 aliphatic carbocycles. The van der Waals surface area contributed by atoms with Crippen LogP contribution in [0, 0.1) is 0 Å². The van der Waals surface area contributed by atoms with Gasteiger partial charge in [-0.15, -0.1) is 0 Å². The zero-order valence-corrected chi connectivity index (χ0v) is 17.5. The highest BCUT2D eigenvalue weighted by atomic mass is 16.4. The first-order chi connectivity index (χ1) is 14.7. The first-order valence-electron chi connectivity index (χ1n) is 9.43. The number of carboxylic acid groups (broad SMARTS) is 2. The van der Waals surface area contributed by atoms with Crippen LogP contribution in [0.4, 0.5) is 0 Å². The third-order valence-electron chi connectivity index (χ3n) is 4.19. The molecule has 15 heteroatoms. The lowest BCUT2D eigenvalue weighted by Gasteiger charge is -2.25. The van der Waals surface area contributed by atoms with E-state index in [1.807, 2.05) is 5.32 Å². The van der Waals surface area contributed by atoms with Crippen LogP contribution in [0.1, 0.15) is 33.1 Å². The molecule has 6 atom stereocenters. The third kappa shape index (κ3) is 10.1. The third-order valence-corrected chi connectivity index (χ3v) is 4.19. The number of aliphatic carboxylic acids is 2. The van der Waals surface area contributed by atoms with E-state index in [9.17, 15) is 39.0 Å². The number of hydrogen-bond donors (Lipinski definition) is 9. The summed E-state index contributed by atoms with van der Waals surface area (Å²) in [5, 5.41) is 43.0. The second-order valence-electron chi connectivity index (χ2n) is 7.06. The van der Waals surface area contributed by atoms with Crippen LogP contribution in [0.2, 0.25) is 0 Å². The summed E-state index contributed by atoms with van der Waals surface area (Å²) in [6, 6.07) is -6.43. The minimum Gasteiger partial charge on any atom is -0.481 e. The van der Waals surface area contributed by atoms with Crippen LogP contribution < -0.4 is 27.4 Å². The molecule has 0 bridgehead atoms. The number of nitrogens with two attached hydrogens (primary N) is 2. The van der Waals surface area contributed by atoms with Crippen LogP contribution in [0.3, 0.4) is 0 Å². The van der Waals surface area contributed by atoms with Crippen molar-refractivity contribution in [2.75, 3.05) is 0 Å². The molecule has 0 aromatic rings. The predicted molar refractivity (Wildman–Crippen MR) is 105 cm³/mol. The van der Waals surface area contributed by atoms with Gasteiger partial charge in [-0.2, -0.15) is 0 Å². The van der Waals surface area contributed by atoms with Crippen molar-refractivity contribution in [2.45, 2.75) is 69.5 Å². The summed E-state index contributed by atoms with van der Waals surface area (Å²) in [6.45, 7) is 2.30. The maximum Gasteiger partial charge on any atom is 0.328 e. The molecule has 182 valence electrons. The van der Waals surface area contributed by atoms with E-state index in [-0.39, 0.29) is 0 Å². The maximum atomic E-state index is 12.6. The lowest BCUT2D eigenvalue weighted by atomic mass is 10.1. The number of aliphatic hydroxyl groups is 2. The first kappa shape index (κ1) is 28.7. The Morgan fingerprint density at radius 2 is 1.31 bits per heavy atom. The Labute approximate surface area is 182 Å². The number of amides is 4. The molecule has 0 aliphatic rings. The van der Waals surface area contributed by atoms with Crippen molar-refractivity contribution in [1.29, 1.82) is 0 Å². The second-order valence-corrected chi connectivity index (χ2v) is 7.06. The molecule has 0 aromatic carbocycles. The fourth-order valence-corrected chi connectivity index (χ4v) is 2.35. The molecular weight excluding hydrogens is 434 g/mol. The van der Waals surface area contributed by atoms with Gasteiger partial charge < -0.3 is 47.8 Å². The molecule has 4 amide bonds. The largest absolute Gasteiger partial charge is 0.481 e. The fraction of sp³-hybridized carbons (Fsp3) is 0.647. The van der Waals surface area contributed by atoms with Crippen LogP contribution in [0.25, 0.3) is 0 Å². The van der Waals surface area contributed by atoms with Gasteiger partial charge in [0.25, 0.3) is 0 Å². The highest BCUT2D eigenvalue weighted by molar-refractivity contribution is 5.96. The number of nitrogens with one attached hydrogen (secondary N) is 3. The minimum absolute atomic E-state index is 0.435. The number of carbonyl (C=O) groups is 6. The van der Waals surface area contributed by atoms with E-state index in [1.54, 1.807) is 0 Å². The zero-order chi connectivity index (χ0) is 25.2. The van der Waals surface area contributed by atoms with Crippen LogP contribution in [0.15, 0.2) is 0 Å². The molecule has 32 heavy (non-hydrogen) atoms. The van der Waals surface area contributed by atoms with Gasteiger partial charge >= 0.3 is 11.9 Å². The SMILES string of the molecule is CC(O)C(N)C(=O)NC(CCC(=O)O)C(=O)NC(CC(N)=O)C(=O)NC(C(=O)O)C(C)O. The van der Waals surface area contributed by atoms with E-state index in [0.717, 1.165) is 6.92 Å². The normalized spacial score (nSPS) is 16.4. The molecule has 0 fully saturated rings. The van der Waals surface area contributed by atoms with Crippen LogP contribution in [0.5, 0.6) is 0 Å². The van der Waals surface area contributed by atoms with Gasteiger partial charge in [0.1, 0.15) is 18.1 Å². The van der Waals surface area contributed by atoms with Gasteiger partial charge in [0.05, 0.1) is 18.6 Å². The molecule has 6 unspecified atom stereocenters. The molecule has 0 aromatic heterocycles. The molecule has 0 rings (SSSR count). The lowest BCUT2D eigenvalue weighted by molar-refractivity contribution is -0.145. The Balaban J connectivity index is 5.59. The number of rotatable bonds is 14. The van der Waals surface area contributed by atoms with E-state index < -0.39 is 91.2 Å². The molecule has 0 saturated heterocycles. The van der Waals surface area contributed by atoms with E-state index in [1.165, 1.54) is 6.92 Å². The van der Waals surface area contributed by atoms with Gasteiger partial charge in [-0.1, -0.05) is 0 Å². The first-order valence-corrected chi connectivity index (χ1v) is 9.43. The summed E-state index contributed by atoms with van der Waals surface area (Å²) in [4.78, 5) is 70.4. The highest BCUT2D eigenvalue weighted by Crippen LogP contribution is 2.04. The Morgan fingerprint density at radius 3 is 1.72 bits per heavy atom. The summed E-state index contributed by atoms with van der Waals surface area (Å²) in [7, 11) is 0. The summed E-state index contributed by atoms with van der Waals surface area (Å²) >= 11 is 0. The number of hydrogen-bond acceptors (Lipinski definition) is 9. The maximum absolute atomic E-state index is 12.6. The highest BCUT2D eigenvalue weighted by Gasteiger charge is 2.33. The standard InChI is InChI=1S/C17H29N5O10/c1-6(23)12(19)16(30)20-8(3-4-11(26)27)14(28)21-9(5-10(18)25)15(29)22-13(7(2)24)17(31)32/h6-9,12-13,23-24H,3-5,19H2,1-2H3,(H2,18,25)(H,20,30)(H,21,28)(H,22,29)(H,26,27)(H,31,32). The summed E-state index contributed by atoms with van der Waals surface area (Å²) in [6.07, 6.45) is -4.59. The number of primary amides is 1. The Kier molecular flexibility index (Phi) is 11.8. The van der Waals surface area contributed by atoms with Crippen molar-refractivity contribution in [1.82, 2.24) is 16.0 Å². The van der Waals surface area contributed by atoms with Crippen LogP contribution >= 0.6 is 0 Å². The summed E-state index contributed by atoms with van der Waals surface area (Å²) < 4.78 is 0. The summed E-state index contributed by atoms with van der Waals surface area (Å²) in [5.41, 5.74) is 10.5. The Morgan fingerprint density at radius 1 is 0.812 bits per heavy atom. The number of carboxylic acids is 2. The van der Waals surface area contributed by atoms with Gasteiger partial charge in [-0.3, -0.25) is 24.0 Å². The zero-order valence-electron chi connectivity index (χ0n) is 17.5. The lowest BCUT2D eigenvalue weighted by Crippen LogP contribution is -2.59. The molecule has 0 aliphatic heterocycles. The smallest absolute Gasteiger partial charge is 0.328 e. The number of aliphatic hydroxyl groups excluding tert-OH is 2. The van der Waals surface area contributed by atoms with Crippen molar-refractivity contribution >= 4 is 35.6 Å². The fourth-order valence-electron chi connectivity index (χ4n) is 2.35. The average molecular weight is 463 g/mol. The average Bonchev–Trinajstić information content (AvgIpc) is 2.66. The van der Waals surface area contributed by atoms with Crippen molar-refractivity contribution in [3.63, 3.8) is 0 Å². The van der Waals surface area contributed by atoms with Crippen LogP contribution in [-0.4, -0.2) is 92.4 Å². The van der Waals surface area contributed by atoms with E-state index in [2.05, 4.69) is 10.6 Å². The van der Waals surface area contributed by atoms with Gasteiger partial charge in [0.15, 0.2) is 6.04 Å². The molecule has 0 radical (unpaired) electrons. The minimum atomic E-state index is -1.76. The molecule has 0 heterocycles. The monoisotopic (exact) mass is 463 g/mol. The van der Waals surface area contributed by atoms with Crippen molar-refractivity contribution in [2.24, 2.45) is 11.5 Å². The van der Waals surface area contributed by atoms with Crippen molar-refractivity contribution in [3.8, 4) is 0 Å². The van der Waals surface area contributed by atoms with E-state index in [0.29, 0.717) is 0 Å². The molecule has 0 saturated carbocycles. The summed E-state index contributed by atoms with van der Waals surface area (Å²) in [5.74, 6) is -7.18. The Bertz CT molecular complexity index is 727. The molecule has 11 N–H and O–H groups in total. The van der Waals surface area contributed by atoms with Gasteiger partial charge in [-0.05, 0) is 20.3 Å². The Hall–Kier alpha value is -3.30. The van der Waals surface area contributed by atoms with Crippen LogP contribution in [-0.2, 0) is 28.8 Å². The molecule has 15 nitrogen and oxygen atoms in total. The van der Waals surface area contributed by atoms with Crippen molar-refractivity contribution in [3.05, 3.63) is 0 Å². The molecule has 0 spiro atoms. The van der Waals surface area contributed by atoms with Gasteiger partial charge in [-0.25, -0.2) is 4.79 Å². The predicted octanol–water partition coefficient (Wildman–Crippen LogP) is -4.65. The van der Waals surface area contributed by atoms with E-state index >= 15 is 0 Å². The van der Waals surface area contributed by atoms with Gasteiger partial charge in [0, 0.05) is 6.42 Å². The molecular formula is C17H29N5O10. The number of carbonyl (C=O) groups excluding carboxylic acids is 4. The quantitative estimate of drug-likeness (QED) is 0.118. The van der Waals surface area contributed by atoms with E-state index in [4.69, 9.17) is 21.7 Å². The second kappa shape index (κ2) is 13.2. The van der Waals surface area contributed by atoms with Gasteiger partial charge in [0.2, 0.25) is 23.6 Å². The topological polar surface area (TPSA) is 271 Å². The van der Waals surface area contributed by atoms with Crippen molar-refractivity contribution < 1.29 is 49.2 Å².